The van der Waals surface area contributed by atoms with Gasteiger partial charge in [-0.2, -0.15) is 0 Å². The average Bonchev–Trinajstić information content (AvgIpc) is 3.06. The van der Waals surface area contributed by atoms with Crippen molar-refractivity contribution in [3.63, 3.8) is 0 Å². The lowest BCUT2D eigenvalue weighted by molar-refractivity contribution is -0.143. The van der Waals surface area contributed by atoms with Gasteiger partial charge in [-0.3, -0.25) is 4.79 Å². The van der Waals surface area contributed by atoms with Gasteiger partial charge in [0.1, 0.15) is 0 Å². The van der Waals surface area contributed by atoms with Crippen molar-refractivity contribution in [1.29, 1.82) is 0 Å². The Hall–Kier alpha value is -0.570. The minimum atomic E-state index is 0.116. The molecule has 4 bridgehead atoms. The zero-order valence-electron chi connectivity index (χ0n) is 10.8. The fourth-order valence-corrected chi connectivity index (χ4v) is 6.97. The molecule has 98 valence electrons. The van der Waals surface area contributed by atoms with E-state index in [1.165, 1.54) is 12.8 Å². The molecule has 0 aromatic heterocycles. The first-order chi connectivity index (χ1) is 8.68. The highest BCUT2D eigenvalue weighted by molar-refractivity contribution is 5.76. The topological polar surface area (TPSA) is 52.3 Å². The van der Waals surface area contributed by atoms with E-state index in [-0.39, 0.29) is 11.9 Å². The number of carbonyl (C=O) groups is 1. The largest absolute Gasteiger partial charge is 0.465 e. The van der Waals surface area contributed by atoms with Crippen molar-refractivity contribution in [1.82, 2.24) is 0 Å². The van der Waals surface area contributed by atoms with Crippen LogP contribution >= 0.6 is 0 Å². The summed E-state index contributed by atoms with van der Waals surface area (Å²) in [6.07, 6.45) is 2.64. The van der Waals surface area contributed by atoms with Crippen molar-refractivity contribution in [2.24, 2.45) is 59.0 Å². The third-order valence-corrected chi connectivity index (χ3v) is 7.45. The Kier molecular flexibility index (Phi) is 1.68. The quantitative estimate of drug-likeness (QED) is 0.518. The molecular weight excluding hydrogens is 226 g/mol. The molecule has 4 aliphatic carbocycles. The van der Waals surface area contributed by atoms with Crippen molar-refractivity contribution in [3.8, 4) is 0 Å². The number of hydrogen-bond donors (Lipinski definition) is 1. The number of fused-ring (bicyclic) bond motifs is 12. The average molecular weight is 247 g/mol. The van der Waals surface area contributed by atoms with Crippen LogP contribution < -0.4 is 5.73 Å². The van der Waals surface area contributed by atoms with Crippen molar-refractivity contribution < 1.29 is 9.53 Å². The van der Waals surface area contributed by atoms with E-state index in [9.17, 15) is 4.79 Å². The molecule has 5 aliphatic rings. The SMILES string of the molecule is CC1C(N)C2CC1C1C2C2C[C@H]1C1C(=O)OCC21. The molecule has 4 saturated carbocycles. The highest BCUT2D eigenvalue weighted by Gasteiger charge is 2.71. The number of cyclic esters (lactones) is 1. The van der Waals surface area contributed by atoms with Crippen LogP contribution in [0.15, 0.2) is 0 Å². The summed E-state index contributed by atoms with van der Waals surface area (Å²) >= 11 is 0. The Morgan fingerprint density at radius 3 is 2.61 bits per heavy atom. The minimum absolute atomic E-state index is 0.116. The van der Waals surface area contributed by atoms with Gasteiger partial charge in [-0.15, -0.1) is 0 Å². The molecule has 3 heteroatoms. The van der Waals surface area contributed by atoms with Gasteiger partial charge >= 0.3 is 5.97 Å². The molecule has 1 aliphatic heterocycles. The number of esters is 1. The second-order valence-corrected chi connectivity index (χ2v) is 7.54. The minimum Gasteiger partial charge on any atom is -0.465 e. The lowest BCUT2D eigenvalue weighted by atomic mass is 9.61. The second-order valence-electron chi connectivity index (χ2n) is 7.54. The number of ether oxygens (including phenoxy) is 1. The van der Waals surface area contributed by atoms with Gasteiger partial charge in [0.15, 0.2) is 0 Å². The van der Waals surface area contributed by atoms with Crippen LogP contribution in [0.4, 0.5) is 0 Å². The Labute approximate surface area is 107 Å². The highest BCUT2D eigenvalue weighted by atomic mass is 16.5. The van der Waals surface area contributed by atoms with Crippen LogP contribution in [-0.2, 0) is 9.53 Å². The molecule has 0 amide bonds. The number of carbonyl (C=O) groups excluding carboxylic acids is 1. The van der Waals surface area contributed by atoms with Gasteiger partial charge in [-0.05, 0) is 54.3 Å². The molecule has 3 nitrogen and oxygen atoms in total. The maximum atomic E-state index is 11.9. The molecule has 10 atom stereocenters. The van der Waals surface area contributed by atoms with Crippen molar-refractivity contribution >= 4 is 5.97 Å². The fourth-order valence-electron chi connectivity index (χ4n) is 6.97. The first-order valence-electron chi connectivity index (χ1n) is 7.60. The van der Waals surface area contributed by atoms with E-state index in [2.05, 4.69) is 6.92 Å². The van der Waals surface area contributed by atoms with Gasteiger partial charge in [0.25, 0.3) is 0 Å². The maximum absolute atomic E-state index is 11.9. The van der Waals surface area contributed by atoms with Crippen molar-refractivity contribution in [3.05, 3.63) is 0 Å². The zero-order chi connectivity index (χ0) is 12.2. The van der Waals surface area contributed by atoms with Crippen LogP contribution in [0, 0.1) is 53.3 Å². The molecule has 0 radical (unpaired) electrons. The smallest absolute Gasteiger partial charge is 0.309 e. The molecule has 18 heavy (non-hydrogen) atoms. The maximum Gasteiger partial charge on any atom is 0.309 e. The van der Waals surface area contributed by atoms with Crippen LogP contribution in [-0.4, -0.2) is 18.6 Å². The first-order valence-corrected chi connectivity index (χ1v) is 7.60. The predicted octanol–water partition coefficient (Wildman–Crippen LogP) is 1.27. The van der Waals surface area contributed by atoms with Crippen LogP contribution in [0.25, 0.3) is 0 Å². The molecule has 5 fully saturated rings. The molecule has 2 N–H and O–H groups in total. The highest BCUT2D eigenvalue weighted by Crippen LogP contribution is 2.71. The lowest BCUT2D eigenvalue weighted by Crippen LogP contribution is -2.48. The summed E-state index contributed by atoms with van der Waals surface area (Å²) in [7, 11) is 0. The van der Waals surface area contributed by atoms with Gasteiger partial charge in [0.2, 0.25) is 0 Å². The van der Waals surface area contributed by atoms with Gasteiger partial charge in [0.05, 0.1) is 12.5 Å². The molecule has 0 aromatic carbocycles. The zero-order valence-corrected chi connectivity index (χ0v) is 10.8. The summed E-state index contributed by atoms with van der Waals surface area (Å²) in [4.78, 5) is 11.9. The van der Waals surface area contributed by atoms with E-state index in [0.29, 0.717) is 30.4 Å². The van der Waals surface area contributed by atoms with Gasteiger partial charge in [0, 0.05) is 12.0 Å². The van der Waals surface area contributed by atoms with E-state index in [1.807, 2.05) is 0 Å². The summed E-state index contributed by atoms with van der Waals surface area (Å²) in [6.45, 7) is 3.04. The van der Waals surface area contributed by atoms with Crippen LogP contribution in [0.1, 0.15) is 19.8 Å². The summed E-state index contributed by atoms with van der Waals surface area (Å²) in [6, 6.07) is 0.423. The molecule has 1 saturated heterocycles. The van der Waals surface area contributed by atoms with E-state index in [4.69, 9.17) is 10.5 Å². The molecule has 0 aromatic rings. The van der Waals surface area contributed by atoms with E-state index < -0.39 is 0 Å². The third kappa shape index (κ3) is 0.880. The summed E-state index contributed by atoms with van der Waals surface area (Å²) in [5.41, 5.74) is 6.42. The molecular formula is C15H21NO2. The monoisotopic (exact) mass is 247 g/mol. The third-order valence-electron chi connectivity index (χ3n) is 7.45. The summed E-state index contributed by atoms with van der Waals surface area (Å²) in [5.74, 6) is 6.20. The van der Waals surface area contributed by atoms with Crippen LogP contribution in [0.2, 0.25) is 0 Å². The van der Waals surface area contributed by atoms with E-state index in [0.717, 1.165) is 29.6 Å². The standard InChI is InChI=1S/C15H21NO2/c1-5-6-2-9(14(5)16)12-7-3-8(11(6)12)13-10(7)4-18-15(13)17/h5-14H,2-4,16H2,1H3/t5?,6?,7?,8-,9?,10?,11?,12?,13?,14?/m1/s1. The Balaban J connectivity index is 1.57. The number of nitrogens with two attached hydrogens (primary N) is 1. The van der Waals surface area contributed by atoms with Crippen molar-refractivity contribution in [2.45, 2.75) is 25.8 Å². The summed E-state index contributed by atoms with van der Waals surface area (Å²) < 4.78 is 5.34. The van der Waals surface area contributed by atoms with Gasteiger partial charge in [-0.1, -0.05) is 6.92 Å². The number of rotatable bonds is 0. The normalized spacial score (nSPS) is 67.3. The fraction of sp³-hybridized carbons (Fsp3) is 0.933. The van der Waals surface area contributed by atoms with Crippen LogP contribution in [0.5, 0.6) is 0 Å². The lowest BCUT2D eigenvalue weighted by Gasteiger charge is -2.43. The molecule has 9 unspecified atom stereocenters. The Bertz CT molecular complexity index is 436. The van der Waals surface area contributed by atoms with Gasteiger partial charge < -0.3 is 10.5 Å². The van der Waals surface area contributed by atoms with Crippen molar-refractivity contribution in [2.75, 3.05) is 6.61 Å². The van der Waals surface area contributed by atoms with Gasteiger partial charge in [-0.25, -0.2) is 0 Å². The number of hydrogen-bond acceptors (Lipinski definition) is 3. The van der Waals surface area contributed by atoms with E-state index >= 15 is 0 Å². The first kappa shape index (κ1) is 10.2. The summed E-state index contributed by atoms with van der Waals surface area (Å²) in [5, 5.41) is 0. The molecule has 1 heterocycles. The Morgan fingerprint density at radius 2 is 1.78 bits per heavy atom. The Morgan fingerprint density at radius 1 is 1.06 bits per heavy atom. The predicted molar refractivity (Wildman–Crippen MR) is 65.3 cm³/mol. The molecule has 5 rings (SSSR count). The molecule has 0 spiro atoms. The van der Waals surface area contributed by atoms with E-state index in [1.54, 1.807) is 0 Å². The second kappa shape index (κ2) is 2.95. The van der Waals surface area contributed by atoms with Crippen LogP contribution in [0.3, 0.4) is 0 Å².